The molecule has 0 spiro atoms. The average molecular weight is 180 g/mol. The van der Waals surface area contributed by atoms with Crippen LogP contribution in [0.2, 0.25) is 0 Å². The molecule has 1 atom stereocenters. The molecule has 0 heteroatoms. The lowest BCUT2D eigenvalue weighted by atomic mass is 9.69. The summed E-state index contributed by atoms with van der Waals surface area (Å²) in [5, 5.41) is 0. The first-order valence-electron chi connectivity index (χ1n) is 6.20. The van der Waals surface area contributed by atoms with E-state index in [4.69, 9.17) is 0 Å². The fourth-order valence-electron chi connectivity index (χ4n) is 3.76. The second-order valence-electron chi connectivity index (χ2n) is 5.89. The molecule has 2 fully saturated rings. The van der Waals surface area contributed by atoms with Gasteiger partial charge in [-0.25, -0.2) is 0 Å². The van der Waals surface area contributed by atoms with Crippen molar-refractivity contribution in [2.45, 2.75) is 65.2 Å². The van der Waals surface area contributed by atoms with Crippen LogP contribution in [0.1, 0.15) is 65.2 Å². The van der Waals surface area contributed by atoms with Gasteiger partial charge in [0.2, 0.25) is 0 Å². The molecule has 0 nitrogen and oxygen atoms in total. The highest BCUT2D eigenvalue weighted by Gasteiger charge is 2.39. The molecule has 0 saturated heterocycles. The maximum Gasteiger partial charge on any atom is -0.0323 e. The largest absolute Gasteiger partial charge is 0.0596 e. The van der Waals surface area contributed by atoms with Crippen LogP contribution in [0.5, 0.6) is 0 Å². The maximum atomic E-state index is 2.50. The van der Waals surface area contributed by atoms with Crippen molar-refractivity contribution in [3.8, 4) is 0 Å². The maximum absolute atomic E-state index is 2.50. The summed E-state index contributed by atoms with van der Waals surface area (Å²) < 4.78 is 0. The highest BCUT2D eigenvalue weighted by molar-refractivity contribution is 4.89. The fourth-order valence-corrected chi connectivity index (χ4v) is 3.76. The fraction of sp³-hybridized carbons (Fsp3) is 1.00. The smallest absolute Gasteiger partial charge is 0.0323 e. The third kappa shape index (κ3) is 1.92. The van der Waals surface area contributed by atoms with Crippen LogP contribution in [-0.2, 0) is 0 Å². The molecule has 0 unspecified atom stereocenters. The summed E-state index contributed by atoms with van der Waals surface area (Å²) in [7, 11) is 0. The normalized spacial score (nSPS) is 35.1. The molecule has 2 aliphatic rings. The summed E-state index contributed by atoms with van der Waals surface area (Å²) in [6, 6.07) is 0. The Labute approximate surface area is 83.1 Å². The summed E-state index contributed by atoms with van der Waals surface area (Å²) >= 11 is 0. The molecule has 13 heavy (non-hydrogen) atoms. The van der Waals surface area contributed by atoms with Crippen molar-refractivity contribution in [1.82, 2.24) is 0 Å². The Morgan fingerprint density at radius 1 is 0.846 bits per heavy atom. The molecule has 0 aromatic rings. The van der Waals surface area contributed by atoms with Crippen LogP contribution < -0.4 is 0 Å². The van der Waals surface area contributed by atoms with Crippen molar-refractivity contribution < 1.29 is 0 Å². The molecule has 0 bridgehead atoms. The van der Waals surface area contributed by atoms with E-state index >= 15 is 0 Å². The third-order valence-corrected chi connectivity index (χ3v) is 4.56. The second kappa shape index (κ2) is 3.63. The van der Waals surface area contributed by atoms with Gasteiger partial charge in [0.15, 0.2) is 0 Å². The predicted molar refractivity (Wildman–Crippen MR) is 57.7 cm³/mol. The molecule has 0 amide bonds. The van der Waals surface area contributed by atoms with Crippen molar-refractivity contribution >= 4 is 0 Å². The van der Waals surface area contributed by atoms with E-state index in [2.05, 4.69) is 13.8 Å². The minimum Gasteiger partial charge on any atom is -0.0596 e. The molecule has 0 N–H and O–H groups in total. The minimum atomic E-state index is 0.669. The molecule has 0 aliphatic heterocycles. The first-order valence-corrected chi connectivity index (χ1v) is 6.20. The lowest BCUT2D eigenvalue weighted by Crippen LogP contribution is -2.27. The van der Waals surface area contributed by atoms with Gasteiger partial charge in [-0.3, -0.25) is 0 Å². The van der Waals surface area contributed by atoms with Gasteiger partial charge in [-0.2, -0.15) is 0 Å². The van der Waals surface area contributed by atoms with E-state index < -0.39 is 0 Å². The van der Waals surface area contributed by atoms with Gasteiger partial charge in [-0.1, -0.05) is 52.4 Å². The highest BCUT2D eigenvalue weighted by Crippen LogP contribution is 2.49. The number of hydrogen-bond donors (Lipinski definition) is 0. The molecule has 0 aromatic heterocycles. The van der Waals surface area contributed by atoms with Crippen LogP contribution in [0.4, 0.5) is 0 Å². The molecule has 0 heterocycles. The van der Waals surface area contributed by atoms with E-state index in [1.54, 1.807) is 0 Å². The lowest BCUT2D eigenvalue weighted by molar-refractivity contribution is 0.141. The summed E-state index contributed by atoms with van der Waals surface area (Å²) in [4.78, 5) is 0. The average Bonchev–Trinajstić information content (AvgIpc) is 2.47. The van der Waals surface area contributed by atoms with Gasteiger partial charge in [-0.15, -0.1) is 0 Å². The van der Waals surface area contributed by atoms with Gasteiger partial charge < -0.3 is 0 Å². The lowest BCUT2D eigenvalue weighted by Gasteiger charge is -2.36. The Balaban J connectivity index is 1.98. The molecule has 0 aromatic carbocycles. The van der Waals surface area contributed by atoms with Crippen LogP contribution >= 0.6 is 0 Å². The molecule has 76 valence electrons. The highest BCUT2D eigenvalue weighted by atomic mass is 14.4. The van der Waals surface area contributed by atoms with E-state index in [9.17, 15) is 0 Å². The SMILES string of the molecule is CC1(C)CCC[C@H]1C1CCCCC1. The van der Waals surface area contributed by atoms with E-state index in [1.165, 1.54) is 51.4 Å². The van der Waals surface area contributed by atoms with E-state index in [0.717, 1.165) is 11.8 Å². The molecule has 2 rings (SSSR count). The van der Waals surface area contributed by atoms with E-state index in [0.29, 0.717) is 5.41 Å². The van der Waals surface area contributed by atoms with Crippen molar-refractivity contribution in [3.05, 3.63) is 0 Å². The molecule has 2 aliphatic carbocycles. The Morgan fingerprint density at radius 2 is 1.54 bits per heavy atom. The van der Waals surface area contributed by atoms with Gasteiger partial charge in [0, 0.05) is 0 Å². The van der Waals surface area contributed by atoms with Crippen LogP contribution in [0.15, 0.2) is 0 Å². The van der Waals surface area contributed by atoms with Crippen LogP contribution in [0, 0.1) is 17.3 Å². The van der Waals surface area contributed by atoms with Gasteiger partial charge in [0.1, 0.15) is 0 Å². The molecule has 2 saturated carbocycles. The topological polar surface area (TPSA) is 0 Å². The Morgan fingerprint density at radius 3 is 2.08 bits per heavy atom. The molecular weight excluding hydrogens is 156 g/mol. The predicted octanol–water partition coefficient (Wildman–Crippen LogP) is 4.39. The Kier molecular flexibility index (Phi) is 2.67. The third-order valence-electron chi connectivity index (χ3n) is 4.56. The van der Waals surface area contributed by atoms with Crippen LogP contribution in [0.3, 0.4) is 0 Å². The van der Waals surface area contributed by atoms with Gasteiger partial charge in [-0.05, 0) is 30.1 Å². The first-order chi connectivity index (χ1) is 6.20. The summed E-state index contributed by atoms with van der Waals surface area (Å²) in [6.45, 7) is 5.00. The molecular formula is C13H24. The second-order valence-corrected chi connectivity index (χ2v) is 5.89. The first kappa shape index (κ1) is 9.55. The number of rotatable bonds is 1. The summed E-state index contributed by atoms with van der Waals surface area (Å²) in [6.07, 6.45) is 12.1. The van der Waals surface area contributed by atoms with Crippen molar-refractivity contribution in [3.63, 3.8) is 0 Å². The Bertz CT molecular complexity index is 163. The monoisotopic (exact) mass is 180 g/mol. The summed E-state index contributed by atoms with van der Waals surface area (Å²) in [5.74, 6) is 2.15. The van der Waals surface area contributed by atoms with Crippen LogP contribution in [-0.4, -0.2) is 0 Å². The van der Waals surface area contributed by atoms with Crippen LogP contribution in [0.25, 0.3) is 0 Å². The standard InChI is InChI=1S/C13H24/c1-13(2)10-6-9-12(13)11-7-4-3-5-8-11/h11-12H,3-10H2,1-2H3/t12-/m0/s1. The zero-order valence-corrected chi connectivity index (χ0v) is 9.31. The van der Waals surface area contributed by atoms with Gasteiger partial charge >= 0.3 is 0 Å². The van der Waals surface area contributed by atoms with Crippen molar-refractivity contribution in [2.75, 3.05) is 0 Å². The van der Waals surface area contributed by atoms with Crippen molar-refractivity contribution in [2.24, 2.45) is 17.3 Å². The minimum absolute atomic E-state index is 0.669. The quantitative estimate of drug-likeness (QED) is 0.561. The molecule has 0 radical (unpaired) electrons. The zero-order chi connectivity index (χ0) is 9.31. The van der Waals surface area contributed by atoms with E-state index in [-0.39, 0.29) is 0 Å². The van der Waals surface area contributed by atoms with Gasteiger partial charge in [0.05, 0.1) is 0 Å². The van der Waals surface area contributed by atoms with Gasteiger partial charge in [0.25, 0.3) is 0 Å². The summed E-state index contributed by atoms with van der Waals surface area (Å²) in [5.41, 5.74) is 0.669. The zero-order valence-electron chi connectivity index (χ0n) is 9.31. The van der Waals surface area contributed by atoms with Crippen molar-refractivity contribution in [1.29, 1.82) is 0 Å². The van der Waals surface area contributed by atoms with E-state index in [1.807, 2.05) is 0 Å². The Hall–Kier alpha value is 0. The number of hydrogen-bond acceptors (Lipinski definition) is 0.